The quantitative estimate of drug-likeness (QED) is 0.0148. The average Bonchev–Trinajstić information content (AvgIpc) is 3.23. The Hall–Kier alpha value is -1.51. The monoisotopic (exact) mass is 898 g/mol. The zero-order valence-electron chi connectivity index (χ0n) is 41.3. The number of esters is 2. The fourth-order valence-corrected chi connectivity index (χ4v) is 8.24. The number of nitrogens with zero attached hydrogens (tertiary/aromatic N) is 1. The normalized spacial score (nSPS) is 13.6. The van der Waals surface area contributed by atoms with Crippen LogP contribution in [0.3, 0.4) is 0 Å². The summed E-state index contributed by atoms with van der Waals surface area (Å²) < 4.78 is 33.8. The van der Waals surface area contributed by atoms with Gasteiger partial charge in [0.15, 0.2) is 6.10 Å². The molecule has 2 atom stereocenters. The van der Waals surface area contributed by atoms with Gasteiger partial charge in [0, 0.05) is 12.5 Å². The number of rotatable bonds is 48. The molecule has 366 valence electrons. The molecular formula is C52H100NO8P. The van der Waals surface area contributed by atoms with Gasteiger partial charge in [0.05, 0.1) is 27.7 Å². The summed E-state index contributed by atoms with van der Waals surface area (Å²) in [5, 5.41) is 0. The Morgan fingerprint density at radius 1 is 0.532 bits per heavy atom. The molecule has 0 fully saturated rings. The number of phosphoric acid groups is 1. The van der Waals surface area contributed by atoms with Crippen molar-refractivity contribution in [2.24, 2.45) is 0 Å². The highest BCUT2D eigenvalue weighted by molar-refractivity contribution is 7.45. The SMILES string of the molecule is CCCCCCCCCCCCC/C=C/C=C/C(=O)OC[C@H](COP(=O)([O-])OCC[N+](C)(C)C)OC(=O)CCCCCCCCCCCCCCCCCCCCCCCCC. The molecule has 0 radical (unpaired) electrons. The van der Waals surface area contributed by atoms with Crippen molar-refractivity contribution in [3.63, 3.8) is 0 Å². The van der Waals surface area contributed by atoms with Crippen molar-refractivity contribution in [3.8, 4) is 0 Å². The third-order valence-corrected chi connectivity index (χ3v) is 12.5. The van der Waals surface area contributed by atoms with Crippen LogP contribution in [0.5, 0.6) is 0 Å². The van der Waals surface area contributed by atoms with E-state index in [9.17, 15) is 19.0 Å². The van der Waals surface area contributed by atoms with E-state index in [1.54, 1.807) is 6.08 Å². The molecule has 0 aromatic carbocycles. The molecule has 0 N–H and O–H groups in total. The first kappa shape index (κ1) is 60.5. The first-order chi connectivity index (χ1) is 30.0. The van der Waals surface area contributed by atoms with Crippen LogP contribution in [-0.4, -0.2) is 70.0 Å². The highest BCUT2D eigenvalue weighted by Crippen LogP contribution is 2.38. The van der Waals surface area contributed by atoms with Crippen molar-refractivity contribution in [2.75, 3.05) is 47.5 Å². The Bertz CT molecular complexity index is 1110. The van der Waals surface area contributed by atoms with Gasteiger partial charge in [-0.2, -0.15) is 0 Å². The number of quaternary nitrogens is 1. The van der Waals surface area contributed by atoms with Crippen molar-refractivity contribution in [2.45, 2.75) is 251 Å². The molecule has 0 aliphatic heterocycles. The van der Waals surface area contributed by atoms with Crippen molar-refractivity contribution < 1.29 is 42.1 Å². The molecule has 62 heavy (non-hydrogen) atoms. The van der Waals surface area contributed by atoms with Gasteiger partial charge in [0.25, 0.3) is 7.82 Å². The highest BCUT2D eigenvalue weighted by Gasteiger charge is 2.21. The van der Waals surface area contributed by atoms with Gasteiger partial charge in [-0.05, 0) is 19.3 Å². The zero-order chi connectivity index (χ0) is 45.7. The fourth-order valence-electron chi connectivity index (χ4n) is 7.51. The molecule has 0 aliphatic rings. The second kappa shape index (κ2) is 44.7. The summed E-state index contributed by atoms with van der Waals surface area (Å²) in [5.74, 6) is -1.07. The topological polar surface area (TPSA) is 111 Å². The van der Waals surface area contributed by atoms with E-state index in [0.717, 1.165) is 32.1 Å². The number of phosphoric ester groups is 1. The molecule has 0 rings (SSSR count). The molecule has 0 amide bonds. The zero-order valence-corrected chi connectivity index (χ0v) is 42.2. The van der Waals surface area contributed by atoms with Crippen LogP contribution in [0.1, 0.15) is 245 Å². The first-order valence-electron chi connectivity index (χ1n) is 26.1. The maximum Gasteiger partial charge on any atom is 0.330 e. The minimum Gasteiger partial charge on any atom is -0.756 e. The van der Waals surface area contributed by atoms with E-state index in [0.29, 0.717) is 17.4 Å². The molecule has 0 aromatic heterocycles. The molecule has 0 saturated heterocycles. The molecule has 0 aromatic rings. The van der Waals surface area contributed by atoms with Gasteiger partial charge in [0.1, 0.15) is 19.8 Å². The van der Waals surface area contributed by atoms with Crippen LogP contribution in [0, 0.1) is 0 Å². The summed E-state index contributed by atoms with van der Waals surface area (Å²) in [7, 11) is 1.14. The van der Waals surface area contributed by atoms with Crippen molar-refractivity contribution in [1.29, 1.82) is 0 Å². The van der Waals surface area contributed by atoms with Crippen LogP contribution < -0.4 is 4.89 Å². The van der Waals surface area contributed by atoms with E-state index < -0.39 is 32.5 Å². The second-order valence-corrected chi connectivity index (χ2v) is 20.4. The summed E-state index contributed by atoms with van der Waals surface area (Å²) >= 11 is 0. The maximum atomic E-state index is 12.7. The summed E-state index contributed by atoms with van der Waals surface area (Å²) in [6.07, 6.45) is 51.4. The minimum absolute atomic E-state index is 0.0409. The van der Waals surface area contributed by atoms with E-state index in [2.05, 4.69) is 13.8 Å². The summed E-state index contributed by atoms with van der Waals surface area (Å²) in [4.78, 5) is 37.6. The lowest BCUT2D eigenvalue weighted by atomic mass is 10.0. The van der Waals surface area contributed by atoms with E-state index in [1.807, 2.05) is 33.3 Å². The standard InChI is InChI=1S/C52H100NO8P/c1-6-8-10-12-14-16-18-20-22-23-24-25-26-27-28-29-31-33-35-37-39-41-43-45-52(55)61-50(49-60-62(56,57)59-47-46-53(3,4)5)48-58-51(54)44-42-40-38-36-34-32-30-21-19-17-15-13-11-9-7-2/h38,40,42,44,50H,6-37,39,41,43,45-49H2,1-5H3/b40-38+,44-42+/t50-/m1/s1. The molecule has 9 nitrogen and oxygen atoms in total. The molecule has 1 unspecified atom stereocenters. The molecule has 0 aliphatic carbocycles. The van der Waals surface area contributed by atoms with Crippen LogP contribution in [0.2, 0.25) is 0 Å². The average molecular weight is 898 g/mol. The van der Waals surface area contributed by atoms with Gasteiger partial charge in [-0.15, -0.1) is 0 Å². The number of hydrogen-bond donors (Lipinski definition) is 0. The number of carbonyl (C=O) groups is 2. The molecule has 0 bridgehead atoms. The predicted octanol–water partition coefficient (Wildman–Crippen LogP) is 14.8. The minimum atomic E-state index is -4.65. The van der Waals surface area contributed by atoms with Crippen molar-refractivity contribution in [3.05, 3.63) is 24.3 Å². The first-order valence-corrected chi connectivity index (χ1v) is 27.5. The highest BCUT2D eigenvalue weighted by atomic mass is 31.2. The van der Waals surface area contributed by atoms with Gasteiger partial charge >= 0.3 is 11.9 Å². The molecule has 10 heteroatoms. The van der Waals surface area contributed by atoms with Crippen molar-refractivity contribution >= 4 is 19.8 Å². The molecule has 0 spiro atoms. The Labute approximate surface area is 383 Å². The van der Waals surface area contributed by atoms with Gasteiger partial charge in [-0.3, -0.25) is 9.36 Å². The third kappa shape index (κ3) is 48.0. The number of ether oxygens (including phenoxy) is 2. The van der Waals surface area contributed by atoms with E-state index in [-0.39, 0.29) is 19.6 Å². The fraction of sp³-hybridized carbons (Fsp3) is 0.885. The number of allylic oxidation sites excluding steroid dienone is 3. The predicted molar refractivity (Wildman–Crippen MR) is 259 cm³/mol. The lowest BCUT2D eigenvalue weighted by molar-refractivity contribution is -0.870. The number of carbonyl (C=O) groups excluding carboxylic acids is 2. The van der Waals surface area contributed by atoms with Crippen molar-refractivity contribution in [1.82, 2.24) is 0 Å². The lowest BCUT2D eigenvalue weighted by Crippen LogP contribution is -2.37. The molecule has 0 heterocycles. The van der Waals surface area contributed by atoms with Crippen LogP contribution in [0.4, 0.5) is 0 Å². The summed E-state index contributed by atoms with van der Waals surface area (Å²) in [6, 6.07) is 0. The van der Waals surface area contributed by atoms with Gasteiger partial charge in [0.2, 0.25) is 0 Å². The third-order valence-electron chi connectivity index (χ3n) is 11.6. The Kier molecular flexibility index (Phi) is 43.6. The summed E-state index contributed by atoms with van der Waals surface area (Å²) in [5.41, 5.74) is 0. The largest absolute Gasteiger partial charge is 0.756 e. The Balaban J connectivity index is 4.24. The number of likely N-dealkylation sites (N-methyl/N-ethyl adjacent to an activating group) is 1. The van der Waals surface area contributed by atoms with Gasteiger partial charge in [-0.1, -0.05) is 238 Å². The van der Waals surface area contributed by atoms with Crippen LogP contribution in [0.25, 0.3) is 0 Å². The lowest BCUT2D eigenvalue weighted by Gasteiger charge is -2.28. The van der Waals surface area contributed by atoms with Crippen LogP contribution in [-0.2, 0) is 32.7 Å². The number of hydrogen-bond acceptors (Lipinski definition) is 8. The molecular weight excluding hydrogens is 798 g/mol. The Morgan fingerprint density at radius 3 is 1.32 bits per heavy atom. The smallest absolute Gasteiger partial charge is 0.330 e. The second-order valence-electron chi connectivity index (χ2n) is 19.0. The number of unbranched alkanes of at least 4 members (excludes halogenated alkanes) is 33. The van der Waals surface area contributed by atoms with Gasteiger partial charge in [-0.25, -0.2) is 4.79 Å². The van der Waals surface area contributed by atoms with Crippen LogP contribution >= 0.6 is 7.82 Å². The van der Waals surface area contributed by atoms with Gasteiger partial charge < -0.3 is 27.9 Å². The Morgan fingerprint density at radius 2 is 0.919 bits per heavy atom. The van der Waals surface area contributed by atoms with Crippen LogP contribution in [0.15, 0.2) is 24.3 Å². The molecule has 0 saturated carbocycles. The maximum absolute atomic E-state index is 12.7. The van der Waals surface area contributed by atoms with E-state index in [4.69, 9.17) is 18.5 Å². The summed E-state index contributed by atoms with van der Waals surface area (Å²) in [6.45, 7) is 4.14. The van der Waals surface area contributed by atoms with E-state index >= 15 is 0 Å². The van der Waals surface area contributed by atoms with E-state index in [1.165, 1.54) is 192 Å².